The predicted octanol–water partition coefficient (Wildman–Crippen LogP) is 3.81. The number of carbonyl (C=O) groups excluding carboxylic acids is 1. The monoisotopic (exact) mass is 383 g/mol. The number of amides is 1. The van der Waals surface area contributed by atoms with Crippen LogP contribution in [0.1, 0.15) is 28.7 Å². The van der Waals surface area contributed by atoms with Gasteiger partial charge in [-0.2, -0.15) is 0 Å². The Morgan fingerprint density at radius 3 is 2.68 bits per heavy atom. The van der Waals surface area contributed by atoms with Crippen molar-refractivity contribution >= 4 is 16.9 Å². The lowest BCUT2D eigenvalue weighted by molar-refractivity contribution is -0.121. The van der Waals surface area contributed by atoms with Crippen LogP contribution in [0.25, 0.3) is 11.0 Å². The number of halogens is 1. The highest BCUT2D eigenvalue weighted by Crippen LogP contribution is 2.24. The van der Waals surface area contributed by atoms with E-state index in [1.807, 2.05) is 13.0 Å². The second-order valence-electron chi connectivity index (χ2n) is 6.72. The van der Waals surface area contributed by atoms with Gasteiger partial charge in [-0.3, -0.25) is 4.79 Å². The van der Waals surface area contributed by atoms with Crippen molar-refractivity contribution in [1.29, 1.82) is 0 Å². The van der Waals surface area contributed by atoms with Crippen LogP contribution in [0, 0.1) is 19.7 Å². The first-order chi connectivity index (χ1) is 13.4. The van der Waals surface area contributed by atoms with Gasteiger partial charge in [-0.1, -0.05) is 12.1 Å². The Balaban J connectivity index is 1.68. The van der Waals surface area contributed by atoms with Gasteiger partial charge in [0.05, 0.1) is 7.11 Å². The van der Waals surface area contributed by atoms with E-state index in [4.69, 9.17) is 9.15 Å². The number of hydrogen-bond donors (Lipinski definition) is 1. The van der Waals surface area contributed by atoms with Crippen LogP contribution in [-0.4, -0.2) is 13.0 Å². The fourth-order valence-corrected chi connectivity index (χ4v) is 3.13. The number of hydrogen-bond acceptors (Lipinski definition) is 4. The molecule has 1 heterocycles. The first kappa shape index (κ1) is 19.6. The molecule has 1 amide bonds. The molecule has 0 aliphatic rings. The number of fused-ring (bicyclic) bond motifs is 1. The van der Waals surface area contributed by atoms with Gasteiger partial charge in [-0.25, -0.2) is 9.18 Å². The normalized spacial score (nSPS) is 10.9. The molecule has 0 saturated heterocycles. The fraction of sp³-hybridized carbons (Fsp3) is 0.273. The molecule has 2 aromatic carbocycles. The summed E-state index contributed by atoms with van der Waals surface area (Å²) in [6.07, 6.45) is 0.442. The number of nitrogens with one attached hydrogen (secondary N) is 1. The average Bonchev–Trinajstić information content (AvgIpc) is 2.68. The fourth-order valence-electron chi connectivity index (χ4n) is 3.13. The summed E-state index contributed by atoms with van der Waals surface area (Å²) in [5.41, 5.74) is 2.67. The molecule has 0 aliphatic carbocycles. The van der Waals surface area contributed by atoms with E-state index in [1.165, 1.54) is 6.07 Å². The maximum absolute atomic E-state index is 13.3. The van der Waals surface area contributed by atoms with Crippen LogP contribution in [-0.2, 0) is 17.8 Å². The van der Waals surface area contributed by atoms with E-state index >= 15 is 0 Å². The van der Waals surface area contributed by atoms with Crippen molar-refractivity contribution in [1.82, 2.24) is 5.32 Å². The maximum Gasteiger partial charge on any atom is 0.339 e. The smallest absolute Gasteiger partial charge is 0.339 e. The minimum atomic E-state index is -0.444. The molecule has 3 rings (SSSR count). The van der Waals surface area contributed by atoms with Crippen LogP contribution in [0.3, 0.4) is 0 Å². The van der Waals surface area contributed by atoms with Crippen molar-refractivity contribution < 1.29 is 18.3 Å². The molecule has 0 saturated carbocycles. The lowest BCUT2D eigenvalue weighted by atomic mass is 10.0. The van der Waals surface area contributed by atoms with E-state index < -0.39 is 5.63 Å². The molecule has 0 spiro atoms. The Hall–Kier alpha value is -3.15. The Bertz CT molecular complexity index is 1090. The van der Waals surface area contributed by atoms with Crippen molar-refractivity contribution in [2.75, 3.05) is 7.11 Å². The number of carbonyl (C=O) groups is 1. The van der Waals surface area contributed by atoms with E-state index in [9.17, 15) is 14.0 Å². The van der Waals surface area contributed by atoms with Crippen LogP contribution in [0.5, 0.6) is 5.75 Å². The Morgan fingerprint density at radius 2 is 1.96 bits per heavy atom. The summed E-state index contributed by atoms with van der Waals surface area (Å²) < 4.78 is 23.9. The molecule has 0 fully saturated rings. The molecule has 0 atom stereocenters. The largest absolute Gasteiger partial charge is 0.497 e. The van der Waals surface area contributed by atoms with E-state index in [1.54, 1.807) is 38.3 Å². The number of methoxy groups -OCH3 is 1. The molecule has 146 valence electrons. The van der Waals surface area contributed by atoms with Gasteiger partial charge in [0.2, 0.25) is 5.91 Å². The van der Waals surface area contributed by atoms with Gasteiger partial charge in [-0.05, 0) is 55.2 Å². The molecule has 3 aromatic rings. The van der Waals surface area contributed by atoms with Crippen LogP contribution < -0.4 is 15.7 Å². The number of ether oxygens (including phenoxy) is 1. The van der Waals surface area contributed by atoms with Gasteiger partial charge in [0.1, 0.15) is 17.1 Å². The molecule has 5 nitrogen and oxygen atoms in total. The first-order valence-electron chi connectivity index (χ1n) is 9.01. The van der Waals surface area contributed by atoms with Gasteiger partial charge in [0.25, 0.3) is 0 Å². The lowest BCUT2D eigenvalue weighted by Gasteiger charge is -2.09. The topological polar surface area (TPSA) is 68.5 Å². The Kier molecular flexibility index (Phi) is 5.78. The molecule has 0 aliphatic heterocycles. The van der Waals surface area contributed by atoms with E-state index in [-0.39, 0.29) is 24.6 Å². The summed E-state index contributed by atoms with van der Waals surface area (Å²) in [4.78, 5) is 24.5. The van der Waals surface area contributed by atoms with Gasteiger partial charge in [-0.15, -0.1) is 0 Å². The summed E-state index contributed by atoms with van der Waals surface area (Å²) in [5.74, 6) is 0.153. The lowest BCUT2D eigenvalue weighted by Crippen LogP contribution is -2.24. The van der Waals surface area contributed by atoms with Gasteiger partial charge >= 0.3 is 5.63 Å². The molecule has 6 heteroatoms. The van der Waals surface area contributed by atoms with Crippen molar-refractivity contribution in [3.8, 4) is 5.75 Å². The van der Waals surface area contributed by atoms with Gasteiger partial charge < -0.3 is 14.5 Å². The van der Waals surface area contributed by atoms with Gasteiger partial charge in [0.15, 0.2) is 0 Å². The standard InChI is InChI=1S/C22H22FNO4/c1-13-10-15(4-8-19(13)23)12-24-21(25)9-7-18-14(2)17-6-5-16(27-3)11-20(17)28-22(18)26/h4-6,8,10-11H,7,9,12H2,1-3H3,(H,24,25). The third-order valence-corrected chi connectivity index (χ3v) is 4.81. The molecule has 0 radical (unpaired) electrons. The summed E-state index contributed by atoms with van der Waals surface area (Å²) in [5, 5.41) is 3.61. The highest BCUT2D eigenvalue weighted by molar-refractivity contribution is 5.82. The highest BCUT2D eigenvalue weighted by atomic mass is 19.1. The quantitative estimate of drug-likeness (QED) is 0.658. The van der Waals surface area contributed by atoms with Crippen molar-refractivity contribution in [2.24, 2.45) is 0 Å². The molecule has 0 bridgehead atoms. The second kappa shape index (κ2) is 8.25. The first-order valence-corrected chi connectivity index (χ1v) is 9.01. The maximum atomic E-state index is 13.3. The van der Waals surface area contributed by atoms with E-state index in [0.717, 1.165) is 16.5 Å². The zero-order valence-corrected chi connectivity index (χ0v) is 16.1. The highest BCUT2D eigenvalue weighted by Gasteiger charge is 2.13. The minimum absolute atomic E-state index is 0.160. The van der Waals surface area contributed by atoms with E-state index in [2.05, 4.69) is 5.32 Å². The molecular formula is C22H22FNO4. The van der Waals surface area contributed by atoms with Crippen molar-refractivity contribution in [3.05, 3.63) is 74.9 Å². The SMILES string of the molecule is COc1ccc2c(C)c(CCC(=O)NCc3ccc(F)c(C)c3)c(=O)oc2c1. The number of rotatable bonds is 6. The second-order valence-corrected chi connectivity index (χ2v) is 6.72. The number of benzene rings is 2. The predicted molar refractivity (Wildman–Crippen MR) is 105 cm³/mol. The minimum Gasteiger partial charge on any atom is -0.497 e. The molecule has 28 heavy (non-hydrogen) atoms. The summed E-state index contributed by atoms with van der Waals surface area (Å²) in [6.45, 7) is 3.84. The van der Waals surface area contributed by atoms with Crippen LogP contribution >= 0.6 is 0 Å². The van der Waals surface area contributed by atoms with Gasteiger partial charge in [0, 0.05) is 30.0 Å². The molecule has 1 aromatic heterocycles. The average molecular weight is 383 g/mol. The summed E-state index contributed by atoms with van der Waals surface area (Å²) in [6, 6.07) is 10.0. The molecule has 1 N–H and O–H groups in total. The van der Waals surface area contributed by atoms with Crippen LogP contribution in [0.4, 0.5) is 4.39 Å². The summed E-state index contributed by atoms with van der Waals surface area (Å²) >= 11 is 0. The Labute approximate surface area is 162 Å². The zero-order valence-electron chi connectivity index (χ0n) is 16.1. The number of aryl methyl sites for hydroxylation is 2. The van der Waals surface area contributed by atoms with E-state index in [0.29, 0.717) is 29.0 Å². The molecule has 0 unspecified atom stereocenters. The van der Waals surface area contributed by atoms with Crippen LogP contribution in [0.15, 0.2) is 45.6 Å². The molecular weight excluding hydrogens is 361 g/mol. The third-order valence-electron chi connectivity index (χ3n) is 4.81. The van der Waals surface area contributed by atoms with Crippen LogP contribution in [0.2, 0.25) is 0 Å². The van der Waals surface area contributed by atoms with Crippen molar-refractivity contribution in [2.45, 2.75) is 33.2 Å². The van der Waals surface area contributed by atoms with Crippen molar-refractivity contribution in [3.63, 3.8) is 0 Å². The Morgan fingerprint density at radius 1 is 1.18 bits per heavy atom. The zero-order chi connectivity index (χ0) is 20.3. The third kappa shape index (κ3) is 4.22. The summed E-state index contributed by atoms with van der Waals surface area (Å²) in [7, 11) is 1.55.